The Bertz CT molecular complexity index is 1080. The molecule has 0 bridgehead atoms. The molecule has 2 aliphatic rings. The second-order valence-electron chi connectivity index (χ2n) is 10.7. The van der Waals surface area contributed by atoms with E-state index < -0.39 is 47.0 Å². The summed E-state index contributed by atoms with van der Waals surface area (Å²) in [6.45, 7) is 9.94. The molecule has 0 unspecified atom stereocenters. The van der Waals surface area contributed by atoms with E-state index in [0.29, 0.717) is 11.1 Å². The lowest BCUT2D eigenvalue weighted by Gasteiger charge is -2.36. The van der Waals surface area contributed by atoms with E-state index in [9.17, 15) is 24.3 Å². The molecule has 1 aromatic rings. The molecule has 1 aromatic carbocycles. The van der Waals surface area contributed by atoms with E-state index in [1.54, 1.807) is 76.3 Å². The van der Waals surface area contributed by atoms with Crippen LogP contribution >= 0.6 is 0 Å². The van der Waals surface area contributed by atoms with Crippen molar-refractivity contribution in [1.82, 2.24) is 0 Å². The van der Waals surface area contributed by atoms with Gasteiger partial charge in [-0.3, -0.25) is 14.4 Å². The minimum Gasteiger partial charge on any atom is -0.458 e. The summed E-state index contributed by atoms with van der Waals surface area (Å²) in [5.41, 5.74) is -1.68. The first-order valence-electron chi connectivity index (χ1n) is 12.4. The van der Waals surface area contributed by atoms with E-state index in [1.807, 2.05) is 6.92 Å². The van der Waals surface area contributed by atoms with E-state index in [4.69, 9.17) is 9.47 Å². The molecule has 0 aliphatic heterocycles. The van der Waals surface area contributed by atoms with Gasteiger partial charge in [0.15, 0.2) is 11.4 Å². The van der Waals surface area contributed by atoms with Gasteiger partial charge in [0, 0.05) is 31.1 Å². The number of fused-ring (bicyclic) bond motifs is 1. The molecule has 2 aliphatic carbocycles. The molecule has 1 N–H and O–H groups in total. The molecule has 1 fully saturated rings. The third kappa shape index (κ3) is 5.51. The number of ketones is 2. The van der Waals surface area contributed by atoms with Crippen molar-refractivity contribution in [2.45, 2.75) is 72.2 Å². The topological polar surface area (TPSA) is 107 Å². The van der Waals surface area contributed by atoms with Crippen molar-refractivity contribution >= 4 is 23.5 Å². The van der Waals surface area contributed by atoms with Crippen LogP contribution in [-0.4, -0.2) is 46.4 Å². The highest BCUT2D eigenvalue weighted by atomic mass is 16.6. The lowest BCUT2D eigenvalue weighted by atomic mass is 9.76. The third-order valence-corrected chi connectivity index (χ3v) is 7.35. The molecule has 0 saturated heterocycles. The van der Waals surface area contributed by atoms with Crippen molar-refractivity contribution < 1.29 is 33.8 Å². The van der Waals surface area contributed by atoms with Crippen molar-refractivity contribution in [2.75, 3.05) is 0 Å². The fourth-order valence-corrected chi connectivity index (χ4v) is 5.16. The van der Waals surface area contributed by atoms with Gasteiger partial charge in [0.05, 0.1) is 17.6 Å². The summed E-state index contributed by atoms with van der Waals surface area (Å²) < 4.78 is 11.8. The molecular formula is C29H36O7. The largest absolute Gasteiger partial charge is 0.458 e. The number of aliphatic hydroxyl groups excluding tert-OH is 1. The van der Waals surface area contributed by atoms with Gasteiger partial charge in [0.2, 0.25) is 0 Å². The van der Waals surface area contributed by atoms with Crippen LogP contribution in [0.4, 0.5) is 0 Å². The number of carbonyl (C=O) groups excluding carboxylic acids is 4. The van der Waals surface area contributed by atoms with Crippen molar-refractivity contribution in [3.63, 3.8) is 0 Å². The number of ether oxygens (including phenoxy) is 2. The number of carbonyl (C=O) groups is 4. The predicted octanol–water partition coefficient (Wildman–Crippen LogP) is 4.24. The maximum atomic E-state index is 14.0. The van der Waals surface area contributed by atoms with Gasteiger partial charge in [-0.1, -0.05) is 50.3 Å². The predicted molar refractivity (Wildman–Crippen MR) is 134 cm³/mol. The van der Waals surface area contributed by atoms with Gasteiger partial charge in [-0.25, -0.2) is 4.79 Å². The second-order valence-corrected chi connectivity index (χ2v) is 10.7. The Hall–Kier alpha value is -3.06. The molecule has 36 heavy (non-hydrogen) atoms. The van der Waals surface area contributed by atoms with Crippen LogP contribution in [-0.2, 0) is 23.9 Å². The van der Waals surface area contributed by atoms with E-state index in [2.05, 4.69) is 0 Å². The van der Waals surface area contributed by atoms with Gasteiger partial charge >= 0.3 is 11.9 Å². The van der Waals surface area contributed by atoms with Crippen LogP contribution in [0.5, 0.6) is 0 Å². The van der Waals surface area contributed by atoms with Crippen LogP contribution < -0.4 is 0 Å². The average molecular weight is 497 g/mol. The lowest BCUT2D eigenvalue weighted by molar-refractivity contribution is -0.171. The van der Waals surface area contributed by atoms with E-state index in [-0.39, 0.29) is 30.3 Å². The van der Waals surface area contributed by atoms with E-state index in [0.717, 1.165) is 0 Å². The Balaban J connectivity index is 2.15. The number of aliphatic hydroxyl groups is 1. The van der Waals surface area contributed by atoms with E-state index in [1.165, 1.54) is 6.92 Å². The first kappa shape index (κ1) is 27.5. The van der Waals surface area contributed by atoms with Crippen molar-refractivity contribution in [2.24, 2.45) is 23.2 Å². The first-order valence-corrected chi connectivity index (χ1v) is 12.4. The molecule has 6 atom stereocenters. The second kappa shape index (κ2) is 10.5. The third-order valence-electron chi connectivity index (χ3n) is 7.35. The Labute approximate surface area is 212 Å². The maximum Gasteiger partial charge on any atom is 0.338 e. The molecule has 0 aromatic heterocycles. The fourth-order valence-electron chi connectivity index (χ4n) is 5.16. The van der Waals surface area contributed by atoms with Crippen molar-refractivity contribution in [3.8, 4) is 0 Å². The summed E-state index contributed by atoms with van der Waals surface area (Å²) in [4.78, 5) is 52.2. The van der Waals surface area contributed by atoms with Crippen molar-refractivity contribution in [3.05, 3.63) is 59.7 Å². The summed E-state index contributed by atoms with van der Waals surface area (Å²) in [5, 5.41) is 10.9. The average Bonchev–Trinajstić information content (AvgIpc) is 3.07. The Kier molecular flexibility index (Phi) is 8.04. The van der Waals surface area contributed by atoms with Gasteiger partial charge in [-0.15, -0.1) is 0 Å². The van der Waals surface area contributed by atoms with Crippen LogP contribution in [0.2, 0.25) is 0 Å². The summed E-state index contributed by atoms with van der Waals surface area (Å²) in [6.07, 6.45) is 3.12. The lowest BCUT2D eigenvalue weighted by Crippen LogP contribution is -2.50. The molecule has 1 saturated carbocycles. The van der Waals surface area contributed by atoms with Gasteiger partial charge in [-0.2, -0.15) is 0 Å². The van der Waals surface area contributed by atoms with Gasteiger partial charge < -0.3 is 14.6 Å². The fraction of sp³-hybridized carbons (Fsp3) is 0.517. The van der Waals surface area contributed by atoms with Crippen molar-refractivity contribution in [1.29, 1.82) is 0 Å². The minimum atomic E-state index is -1.59. The van der Waals surface area contributed by atoms with Crippen LogP contribution in [0.25, 0.3) is 0 Å². The zero-order chi connectivity index (χ0) is 26.8. The maximum absolute atomic E-state index is 14.0. The zero-order valence-corrected chi connectivity index (χ0v) is 21.8. The van der Waals surface area contributed by atoms with Crippen LogP contribution in [0.15, 0.2) is 54.1 Å². The Morgan fingerprint density at radius 2 is 1.72 bits per heavy atom. The van der Waals surface area contributed by atoms with E-state index >= 15 is 0 Å². The molecule has 7 heteroatoms. The van der Waals surface area contributed by atoms with Gasteiger partial charge in [-0.05, 0) is 44.4 Å². The summed E-state index contributed by atoms with van der Waals surface area (Å²) in [5.74, 6) is -3.53. The Morgan fingerprint density at radius 1 is 1.08 bits per heavy atom. The van der Waals surface area contributed by atoms with Crippen LogP contribution in [0.1, 0.15) is 64.7 Å². The van der Waals surface area contributed by atoms with Gasteiger partial charge in [0.25, 0.3) is 0 Å². The van der Waals surface area contributed by atoms with Gasteiger partial charge in [0.1, 0.15) is 11.9 Å². The Morgan fingerprint density at radius 3 is 2.33 bits per heavy atom. The SMILES string of the molecule is CC(=O)O[C@]12C[C@@H](C)[C@H](OC(=O)c3ccccc3)[C@@H]1/C=C(\C)[C@H](O)CC(=O)C(C)(C)/C=C\[C@H](C)C2=O. The molecule has 7 nitrogen and oxygen atoms in total. The number of Topliss-reactive ketones (excluding diaryl/α,β-unsaturated/α-hetero) is 2. The number of rotatable bonds is 3. The molecule has 3 rings (SSSR count). The first-order chi connectivity index (χ1) is 16.8. The standard InChI is InChI=1S/C29H36O7/c1-17-12-13-28(5,6)24(32)15-23(31)18(2)14-22-25(35-27(34)21-10-8-7-9-11-21)19(3)16-29(22,26(17)33)36-20(4)30/h7-14,17,19,22-23,25,31H,15-16H2,1-6H3/b13-12-,18-14+/t17-,19+,22-,23+,25-,29+/m0/s1. The monoisotopic (exact) mass is 496 g/mol. The molecular weight excluding hydrogens is 460 g/mol. The normalized spacial score (nSPS) is 34.9. The molecule has 0 amide bonds. The zero-order valence-electron chi connectivity index (χ0n) is 21.8. The number of hydrogen-bond donors (Lipinski definition) is 1. The summed E-state index contributed by atoms with van der Waals surface area (Å²) in [7, 11) is 0. The number of esters is 2. The number of benzene rings is 1. The quantitative estimate of drug-likeness (QED) is 0.493. The molecule has 0 heterocycles. The molecule has 194 valence electrons. The molecule has 0 radical (unpaired) electrons. The highest BCUT2D eigenvalue weighted by Crippen LogP contribution is 2.48. The highest BCUT2D eigenvalue weighted by molar-refractivity contribution is 5.94. The number of allylic oxidation sites excluding steroid dienone is 2. The highest BCUT2D eigenvalue weighted by Gasteiger charge is 2.60. The van der Waals surface area contributed by atoms with Crippen LogP contribution in [0, 0.1) is 23.2 Å². The van der Waals surface area contributed by atoms with Crippen LogP contribution in [0.3, 0.4) is 0 Å². The number of hydrogen-bond acceptors (Lipinski definition) is 7. The smallest absolute Gasteiger partial charge is 0.338 e. The molecule has 0 spiro atoms. The minimum absolute atomic E-state index is 0.112. The summed E-state index contributed by atoms with van der Waals surface area (Å²) >= 11 is 0. The summed E-state index contributed by atoms with van der Waals surface area (Å²) in [6, 6.07) is 8.52.